The van der Waals surface area contributed by atoms with Crippen molar-refractivity contribution in [3.05, 3.63) is 29.3 Å². The molecular formula is C15H20N2. The standard InChI is InChI=1S/C15H20N2/c1-12-7-8-15(14(9-12)10-16)17(2)11-13-5-3-4-6-13/h7-9,13H,3-6,11H2,1-2H3. The maximum atomic E-state index is 9.18. The molecule has 0 aromatic heterocycles. The maximum Gasteiger partial charge on any atom is 0.101 e. The molecule has 1 aromatic carbocycles. The molecule has 2 heteroatoms. The fourth-order valence-corrected chi connectivity index (χ4v) is 2.75. The predicted octanol–water partition coefficient (Wildman–Crippen LogP) is 3.49. The summed E-state index contributed by atoms with van der Waals surface area (Å²) in [5, 5.41) is 9.18. The molecule has 90 valence electrons. The summed E-state index contributed by atoms with van der Waals surface area (Å²) in [6.45, 7) is 3.11. The van der Waals surface area contributed by atoms with Crippen molar-refractivity contribution >= 4 is 5.69 Å². The SMILES string of the molecule is Cc1ccc(N(C)CC2CCCC2)c(C#N)c1. The number of rotatable bonds is 3. The minimum atomic E-state index is 0.797. The second-order valence-corrected chi connectivity index (χ2v) is 5.16. The van der Waals surface area contributed by atoms with Crippen molar-refractivity contribution < 1.29 is 0 Å². The van der Waals surface area contributed by atoms with Crippen LogP contribution in [0.15, 0.2) is 18.2 Å². The Bertz CT molecular complexity index is 425. The van der Waals surface area contributed by atoms with Crippen LogP contribution >= 0.6 is 0 Å². The Kier molecular flexibility index (Phi) is 3.68. The molecule has 0 saturated heterocycles. The van der Waals surface area contributed by atoms with Crippen LogP contribution in [0.5, 0.6) is 0 Å². The molecular weight excluding hydrogens is 208 g/mol. The molecule has 0 aliphatic heterocycles. The van der Waals surface area contributed by atoms with Crippen molar-refractivity contribution in [2.45, 2.75) is 32.6 Å². The third-order valence-electron chi connectivity index (χ3n) is 3.69. The molecule has 0 spiro atoms. The van der Waals surface area contributed by atoms with Gasteiger partial charge < -0.3 is 4.90 Å². The van der Waals surface area contributed by atoms with Gasteiger partial charge in [-0.1, -0.05) is 18.9 Å². The van der Waals surface area contributed by atoms with Crippen LogP contribution in [0, 0.1) is 24.2 Å². The summed E-state index contributed by atoms with van der Waals surface area (Å²) in [4.78, 5) is 2.24. The fourth-order valence-electron chi connectivity index (χ4n) is 2.75. The maximum absolute atomic E-state index is 9.18. The molecule has 0 radical (unpaired) electrons. The second-order valence-electron chi connectivity index (χ2n) is 5.16. The zero-order chi connectivity index (χ0) is 12.3. The lowest BCUT2D eigenvalue weighted by atomic mass is 10.1. The van der Waals surface area contributed by atoms with Gasteiger partial charge in [-0.15, -0.1) is 0 Å². The third-order valence-corrected chi connectivity index (χ3v) is 3.69. The molecule has 0 N–H and O–H groups in total. The van der Waals surface area contributed by atoms with Gasteiger partial charge in [0, 0.05) is 13.6 Å². The van der Waals surface area contributed by atoms with E-state index in [1.807, 2.05) is 13.0 Å². The quantitative estimate of drug-likeness (QED) is 0.791. The Hall–Kier alpha value is -1.49. The highest BCUT2D eigenvalue weighted by Gasteiger charge is 2.18. The first-order valence-corrected chi connectivity index (χ1v) is 6.42. The van der Waals surface area contributed by atoms with E-state index in [9.17, 15) is 5.26 Å². The Balaban J connectivity index is 2.12. The number of anilines is 1. The molecule has 0 bridgehead atoms. The Morgan fingerprint density at radius 3 is 2.71 bits per heavy atom. The van der Waals surface area contributed by atoms with E-state index in [4.69, 9.17) is 0 Å². The van der Waals surface area contributed by atoms with Crippen LogP contribution < -0.4 is 4.90 Å². The Labute approximate surface area is 104 Å². The monoisotopic (exact) mass is 228 g/mol. The van der Waals surface area contributed by atoms with E-state index in [1.165, 1.54) is 25.7 Å². The molecule has 2 rings (SSSR count). The van der Waals surface area contributed by atoms with Crippen LogP contribution in [0.1, 0.15) is 36.8 Å². The van der Waals surface area contributed by atoms with E-state index in [0.29, 0.717) is 0 Å². The van der Waals surface area contributed by atoms with Crippen molar-refractivity contribution in [3.63, 3.8) is 0 Å². The van der Waals surface area contributed by atoms with Gasteiger partial charge in [0.05, 0.1) is 11.3 Å². The average molecular weight is 228 g/mol. The molecule has 0 amide bonds. The summed E-state index contributed by atoms with van der Waals surface area (Å²) in [6.07, 6.45) is 5.44. The highest BCUT2D eigenvalue weighted by Crippen LogP contribution is 2.28. The van der Waals surface area contributed by atoms with E-state index in [2.05, 4.69) is 30.1 Å². The number of hydrogen-bond acceptors (Lipinski definition) is 2. The minimum absolute atomic E-state index is 0.797. The lowest BCUT2D eigenvalue weighted by Crippen LogP contribution is -2.24. The first-order valence-electron chi connectivity index (χ1n) is 6.42. The van der Waals surface area contributed by atoms with Gasteiger partial charge in [-0.05, 0) is 43.4 Å². The Morgan fingerprint density at radius 2 is 2.06 bits per heavy atom. The van der Waals surface area contributed by atoms with Crippen molar-refractivity contribution in [2.75, 3.05) is 18.5 Å². The molecule has 0 unspecified atom stereocenters. The fraction of sp³-hybridized carbons (Fsp3) is 0.533. The lowest BCUT2D eigenvalue weighted by molar-refractivity contribution is 0.547. The molecule has 0 atom stereocenters. The van der Waals surface area contributed by atoms with Crippen LogP contribution in [-0.2, 0) is 0 Å². The van der Waals surface area contributed by atoms with E-state index in [-0.39, 0.29) is 0 Å². The first-order chi connectivity index (χ1) is 8.20. The average Bonchev–Trinajstić information content (AvgIpc) is 2.81. The highest BCUT2D eigenvalue weighted by molar-refractivity contribution is 5.60. The summed E-state index contributed by atoms with van der Waals surface area (Å²) in [5.41, 5.74) is 3.02. The van der Waals surface area contributed by atoms with Crippen molar-refractivity contribution in [1.82, 2.24) is 0 Å². The minimum Gasteiger partial charge on any atom is -0.373 e. The first kappa shape index (κ1) is 12.0. The summed E-state index contributed by atoms with van der Waals surface area (Å²) < 4.78 is 0. The number of nitriles is 1. The van der Waals surface area contributed by atoms with Crippen LogP contribution in [-0.4, -0.2) is 13.6 Å². The number of benzene rings is 1. The number of hydrogen-bond donors (Lipinski definition) is 0. The molecule has 2 nitrogen and oxygen atoms in total. The topological polar surface area (TPSA) is 27.0 Å². The van der Waals surface area contributed by atoms with Gasteiger partial charge in [-0.3, -0.25) is 0 Å². The zero-order valence-electron chi connectivity index (χ0n) is 10.7. The van der Waals surface area contributed by atoms with Crippen molar-refractivity contribution in [1.29, 1.82) is 5.26 Å². The van der Waals surface area contributed by atoms with Gasteiger partial charge >= 0.3 is 0 Å². The van der Waals surface area contributed by atoms with E-state index in [0.717, 1.165) is 29.3 Å². The van der Waals surface area contributed by atoms with Gasteiger partial charge in [0.2, 0.25) is 0 Å². The molecule has 1 fully saturated rings. The molecule has 1 aliphatic carbocycles. The normalized spacial score (nSPS) is 15.8. The molecule has 1 saturated carbocycles. The largest absolute Gasteiger partial charge is 0.373 e. The molecule has 1 aliphatic rings. The van der Waals surface area contributed by atoms with Crippen molar-refractivity contribution in [2.24, 2.45) is 5.92 Å². The summed E-state index contributed by atoms with van der Waals surface area (Å²) >= 11 is 0. The summed E-state index contributed by atoms with van der Waals surface area (Å²) in [5.74, 6) is 0.813. The summed E-state index contributed by atoms with van der Waals surface area (Å²) in [6, 6.07) is 8.43. The molecule has 1 aromatic rings. The number of nitrogens with zero attached hydrogens (tertiary/aromatic N) is 2. The highest BCUT2D eigenvalue weighted by atomic mass is 15.1. The summed E-state index contributed by atoms with van der Waals surface area (Å²) in [7, 11) is 2.10. The second kappa shape index (κ2) is 5.23. The predicted molar refractivity (Wildman–Crippen MR) is 71.1 cm³/mol. The third kappa shape index (κ3) is 2.79. The van der Waals surface area contributed by atoms with Gasteiger partial charge in [-0.25, -0.2) is 0 Å². The van der Waals surface area contributed by atoms with Crippen LogP contribution in [0.4, 0.5) is 5.69 Å². The van der Waals surface area contributed by atoms with Crippen LogP contribution in [0.25, 0.3) is 0 Å². The van der Waals surface area contributed by atoms with E-state index < -0.39 is 0 Å². The lowest BCUT2D eigenvalue weighted by Gasteiger charge is -2.24. The molecule has 0 heterocycles. The van der Waals surface area contributed by atoms with Gasteiger partial charge in [0.25, 0.3) is 0 Å². The Morgan fingerprint density at radius 1 is 1.35 bits per heavy atom. The van der Waals surface area contributed by atoms with E-state index in [1.54, 1.807) is 0 Å². The van der Waals surface area contributed by atoms with Crippen molar-refractivity contribution in [3.8, 4) is 6.07 Å². The van der Waals surface area contributed by atoms with Gasteiger partial charge in [-0.2, -0.15) is 5.26 Å². The number of aryl methyl sites for hydroxylation is 1. The van der Waals surface area contributed by atoms with Gasteiger partial charge in [0.1, 0.15) is 6.07 Å². The van der Waals surface area contributed by atoms with Crippen LogP contribution in [0.3, 0.4) is 0 Å². The van der Waals surface area contributed by atoms with Crippen LogP contribution in [0.2, 0.25) is 0 Å². The van der Waals surface area contributed by atoms with Gasteiger partial charge in [0.15, 0.2) is 0 Å². The smallest absolute Gasteiger partial charge is 0.101 e. The zero-order valence-corrected chi connectivity index (χ0v) is 10.7. The van der Waals surface area contributed by atoms with E-state index >= 15 is 0 Å². The molecule has 17 heavy (non-hydrogen) atoms.